The number of nitrogens with zero attached hydrogens (tertiary/aromatic N) is 3. The lowest BCUT2D eigenvalue weighted by Crippen LogP contribution is -1.96. The van der Waals surface area contributed by atoms with Crippen molar-refractivity contribution < 1.29 is 9.90 Å². The van der Waals surface area contributed by atoms with Crippen LogP contribution in [0.15, 0.2) is 39.4 Å². The van der Waals surface area contributed by atoms with E-state index < -0.39 is 5.97 Å². The Bertz CT molecular complexity index is 276. The molecule has 1 aliphatic heterocycles. The minimum absolute atomic E-state index is 0.127. The molecule has 11 heavy (non-hydrogen) atoms. The molecule has 0 aromatic carbocycles. The number of hydrogen-bond donors (Lipinski definition) is 1. The summed E-state index contributed by atoms with van der Waals surface area (Å²) in [6.45, 7) is 0. The van der Waals surface area contributed by atoms with Gasteiger partial charge in [0.2, 0.25) is 0 Å². The van der Waals surface area contributed by atoms with Crippen LogP contribution in [0.4, 0.5) is 0 Å². The molecule has 0 aliphatic carbocycles. The van der Waals surface area contributed by atoms with Gasteiger partial charge in [0, 0.05) is 0 Å². The smallest absolute Gasteiger partial charge is 0.356 e. The minimum Gasteiger partial charge on any atom is -0.476 e. The van der Waals surface area contributed by atoms with E-state index in [9.17, 15) is 4.79 Å². The molecule has 0 bridgehead atoms. The lowest BCUT2D eigenvalue weighted by atomic mass is 10.4. The van der Waals surface area contributed by atoms with E-state index in [1.165, 1.54) is 18.4 Å². The molecular formula is C6H5N3O2. The predicted octanol–water partition coefficient (Wildman–Crippen LogP) is 0.963. The van der Waals surface area contributed by atoms with Crippen LogP contribution in [0.2, 0.25) is 0 Å². The fourth-order valence-electron chi connectivity index (χ4n) is 0.486. The van der Waals surface area contributed by atoms with Crippen molar-refractivity contribution in [2.45, 2.75) is 0 Å². The summed E-state index contributed by atoms with van der Waals surface area (Å²) in [5.74, 6) is -1.12. The second-order valence-corrected chi connectivity index (χ2v) is 1.70. The predicted molar refractivity (Wildman–Crippen MR) is 38.2 cm³/mol. The van der Waals surface area contributed by atoms with Crippen molar-refractivity contribution in [1.82, 2.24) is 0 Å². The number of aliphatic carboxylic acids is 1. The molecule has 5 nitrogen and oxygen atoms in total. The van der Waals surface area contributed by atoms with E-state index in [1.807, 2.05) is 0 Å². The number of carbonyl (C=O) groups is 1. The van der Waals surface area contributed by atoms with Gasteiger partial charge in [-0.1, -0.05) is 6.08 Å². The van der Waals surface area contributed by atoms with Crippen molar-refractivity contribution in [3.05, 3.63) is 23.9 Å². The Balaban J connectivity index is 2.87. The highest BCUT2D eigenvalue weighted by molar-refractivity contribution is 5.86. The van der Waals surface area contributed by atoms with Gasteiger partial charge in [-0.05, 0) is 17.4 Å². The second-order valence-electron chi connectivity index (χ2n) is 1.70. The summed E-state index contributed by atoms with van der Waals surface area (Å²) in [7, 11) is 0. The first-order valence-corrected chi connectivity index (χ1v) is 2.85. The second kappa shape index (κ2) is 3.40. The largest absolute Gasteiger partial charge is 0.476 e. The Morgan fingerprint density at radius 1 is 1.45 bits per heavy atom. The Hall–Kier alpha value is -1.78. The standard InChI is InChI=1S/C6H5N3O2/c10-6(11)5-3-1-2-4-7-9-8-5/h1-4H,(H,10,11)/b2-1-,3-1?,4-2?,5-3-,7-4-,8-5?,9-7?,9-8-. The van der Waals surface area contributed by atoms with Gasteiger partial charge in [0.1, 0.15) is 0 Å². The van der Waals surface area contributed by atoms with E-state index in [-0.39, 0.29) is 5.70 Å². The third-order valence-corrected chi connectivity index (χ3v) is 0.941. The average Bonchev–Trinajstić information content (AvgIpc) is 1.84. The molecule has 1 heterocycles. The lowest BCUT2D eigenvalue weighted by molar-refractivity contribution is -0.132. The van der Waals surface area contributed by atoms with Crippen molar-refractivity contribution in [1.29, 1.82) is 0 Å². The fraction of sp³-hybridized carbons (Fsp3) is 0. The molecule has 0 unspecified atom stereocenters. The third kappa shape index (κ3) is 2.13. The van der Waals surface area contributed by atoms with Gasteiger partial charge in [-0.15, -0.1) is 10.2 Å². The van der Waals surface area contributed by atoms with E-state index in [4.69, 9.17) is 5.11 Å². The van der Waals surface area contributed by atoms with Crippen LogP contribution in [0.3, 0.4) is 0 Å². The van der Waals surface area contributed by atoms with E-state index in [2.05, 4.69) is 15.4 Å². The van der Waals surface area contributed by atoms with Crippen molar-refractivity contribution in [2.24, 2.45) is 15.4 Å². The number of rotatable bonds is 1. The van der Waals surface area contributed by atoms with Crippen LogP contribution in [-0.4, -0.2) is 17.3 Å². The highest BCUT2D eigenvalue weighted by Crippen LogP contribution is 2.00. The summed E-state index contributed by atoms with van der Waals surface area (Å²) >= 11 is 0. The first-order chi connectivity index (χ1) is 5.30. The molecule has 0 fully saturated rings. The Morgan fingerprint density at radius 2 is 2.27 bits per heavy atom. The van der Waals surface area contributed by atoms with E-state index >= 15 is 0 Å². The summed E-state index contributed by atoms with van der Waals surface area (Å²) < 4.78 is 0. The van der Waals surface area contributed by atoms with Gasteiger partial charge in [0.25, 0.3) is 0 Å². The molecule has 0 amide bonds. The van der Waals surface area contributed by atoms with Crippen molar-refractivity contribution in [3.63, 3.8) is 0 Å². The topological polar surface area (TPSA) is 74.4 Å². The molecule has 1 N–H and O–H groups in total. The summed E-state index contributed by atoms with van der Waals surface area (Å²) in [5.41, 5.74) is -0.127. The SMILES string of the molecule is O=C(O)C1=C/C=C\C=N/N=N\1. The monoisotopic (exact) mass is 151 g/mol. The summed E-state index contributed by atoms with van der Waals surface area (Å²) in [5, 5.41) is 18.4. The van der Waals surface area contributed by atoms with Crippen LogP contribution in [0.25, 0.3) is 0 Å². The molecule has 0 radical (unpaired) electrons. The van der Waals surface area contributed by atoms with Crippen LogP contribution in [-0.2, 0) is 4.79 Å². The van der Waals surface area contributed by atoms with Crippen LogP contribution in [0.1, 0.15) is 0 Å². The number of carboxylic acids is 1. The van der Waals surface area contributed by atoms with Crippen molar-refractivity contribution in [2.75, 3.05) is 0 Å². The van der Waals surface area contributed by atoms with Crippen LogP contribution in [0.5, 0.6) is 0 Å². The summed E-state index contributed by atoms with van der Waals surface area (Å²) in [4.78, 5) is 10.3. The van der Waals surface area contributed by atoms with E-state index in [0.717, 1.165) is 0 Å². The zero-order valence-corrected chi connectivity index (χ0v) is 5.51. The molecule has 0 aromatic heterocycles. The highest BCUT2D eigenvalue weighted by atomic mass is 16.4. The molecular weight excluding hydrogens is 146 g/mol. The summed E-state index contributed by atoms with van der Waals surface area (Å²) in [6.07, 6.45) is 5.86. The van der Waals surface area contributed by atoms with Gasteiger partial charge in [0.05, 0.1) is 6.21 Å². The minimum atomic E-state index is -1.12. The number of carboxylic acid groups (broad SMARTS) is 1. The Kier molecular flexibility index (Phi) is 2.27. The first-order valence-electron chi connectivity index (χ1n) is 2.85. The Morgan fingerprint density at radius 3 is 3.00 bits per heavy atom. The average molecular weight is 151 g/mol. The van der Waals surface area contributed by atoms with Gasteiger partial charge in [-0.3, -0.25) is 0 Å². The van der Waals surface area contributed by atoms with Crippen molar-refractivity contribution >= 4 is 12.2 Å². The molecule has 5 heteroatoms. The maximum absolute atomic E-state index is 10.3. The highest BCUT2D eigenvalue weighted by Gasteiger charge is 2.03. The maximum Gasteiger partial charge on any atom is 0.356 e. The number of allylic oxidation sites excluding steroid dienone is 3. The van der Waals surface area contributed by atoms with Crippen LogP contribution in [0, 0.1) is 0 Å². The molecule has 56 valence electrons. The zero-order valence-electron chi connectivity index (χ0n) is 5.51. The third-order valence-electron chi connectivity index (χ3n) is 0.941. The molecule has 0 saturated carbocycles. The normalized spacial score (nSPS) is 28.9. The Labute approximate surface area is 62.4 Å². The molecule has 0 atom stereocenters. The molecule has 0 spiro atoms. The molecule has 0 saturated heterocycles. The van der Waals surface area contributed by atoms with Gasteiger partial charge in [-0.25, -0.2) is 4.79 Å². The van der Waals surface area contributed by atoms with Gasteiger partial charge >= 0.3 is 5.97 Å². The van der Waals surface area contributed by atoms with Crippen molar-refractivity contribution in [3.8, 4) is 0 Å². The maximum atomic E-state index is 10.3. The van der Waals surface area contributed by atoms with Gasteiger partial charge < -0.3 is 5.11 Å². The summed E-state index contributed by atoms with van der Waals surface area (Å²) in [6, 6.07) is 0. The molecule has 0 aromatic rings. The lowest BCUT2D eigenvalue weighted by Gasteiger charge is -1.89. The van der Waals surface area contributed by atoms with Crippen LogP contribution >= 0.6 is 0 Å². The first kappa shape index (κ1) is 7.33. The van der Waals surface area contributed by atoms with Gasteiger partial charge in [-0.2, -0.15) is 0 Å². The molecule has 1 aliphatic rings. The quantitative estimate of drug-likeness (QED) is 0.606. The number of hydrogen-bond acceptors (Lipinski definition) is 4. The van der Waals surface area contributed by atoms with E-state index in [1.54, 1.807) is 6.08 Å². The van der Waals surface area contributed by atoms with Crippen LogP contribution < -0.4 is 0 Å². The fourth-order valence-corrected chi connectivity index (χ4v) is 0.486. The van der Waals surface area contributed by atoms with E-state index in [0.29, 0.717) is 0 Å². The van der Waals surface area contributed by atoms with Gasteiger partial charge in [0.15, 0.2) is 5.70 Å². The zero-order chi connectivity index (χ0) is 8.10. The molecule has 1 rings (SSSR count).